The van der Waals surface area contributed by atoms with Crippen molar-refractivity contribution in [3.05, 3.63) is 34.4 Å². The van der Waals surface area contributed by atoms with E-state index in [0.717, 1.165) is 11.1 Å². The van der Waals surface area contributed by atoms with Crippen molar-refractivity contribution in [3.8, 4) is 0 Å². The van der Waals surface area contributed by atoms with Crippen LogP contribution in [0.1, 0.15) is 27.0 Å². The second kappa shape index (κ2) is 4.22. The molecule has 3 heteroatoms. The second-order valence-corrected chi connectivity index (χ2v) is 4.29. The summed E-state index contributed by atoms with van der Waals surface area (Å²) >= 11 is 0.0746. The maximum atomic E-state index is 11.3. The van der Waals surface area contributed by atoms with E-state index in [9.17, 15) is 4.79 Å². The Kier molecular flexibility index (Phi) is 3.48. The fourth-order valence-corrected chi connectivity index (χ4v) is 1.88. The van der Waals surface area contributed by atoms with Crippen LogP contribution < -0.4 is 0 Å². The van der Waals surface area contributed by atoms with Crippen LogP contribution in [0.25, 0.3) is 0 Å². The van der Waals surface area contributed by atoms with Gasteiger partial charge in [-0.25, -0.2) is 0 Å². The van der Waals surface area contributed by atoms with Crippen LogP contribution in [0.3, 0.4) is 0 Å². The van der Waals surface area contributed by atoms with Crippen LogP contribution in [0.2, 0.25) is 0 Å². The van der Waals surface area contributed by atoms with Gasteiger partial charge in [-0.1, -0.05) is 0 Å². The van der Waals surface area contributed by atoms with Crippen LogP contribution in [0.5, 0.6) is 0 Å². The van der Waals surface area contributed by atoms with E-state index in [-0.39, 0.29) is 32.5 Å². The minimum atomic E-state index is -0.186. The van der Waals surface area contributed by atoms with Gasteiger partial charge in [-0.05, 0) is 0 Å². The predicted molar refractivity (Wildman–Crippen MR) is 46.1 cm³/mol. The standard InChI is InChI=1S/C10H12O2.Hg/c1-6-4-9(10(11)12)5-7(2)8(6)3;/h4-5H,1-3H3,(H,11,12);/q;+1/p-1. The van der Waals surface area contributed by atoms with Gasteiger partial charge in [-0.3, -0.25) is 0 Å². The summed E-state index contributed by atoms with van der Waals surface area (Å²) in [5.41, 5.74) is 4.22. The third-order valence-corrected chi connectivity index (χ3v) is 3.31. The number of aryl methyl sites for hydroxylation is 2. The molecule has 0 aliphatic carbocycles. The van der Waals surface area contributed by atoms with E-state index in [1.807, 2.05) is 26.0 Å². The zero-order valence-corrected chi connectivity index (χ0v) is 13.7. The number of carbonyl (C=O) groups is 1. The van der Waals surface area contributed by atoms with Crippen molar-refractivity contribution in [1.82, 2.24) is 0 Å². The van der Waals surface area contributed by atoms with E-state index < -0.39 is 0 Å². The normalized spacial score (nSPS) is 9.92. The van der Waals surface area contributed by atoms with Gasteiger partial charge in [0.1, 0.15) is 0 Å². The Morgan fingerprint density at radius 3 is 2.08 bits per heavy atom. The van der Waals surface area contributed by atoms with Crippen LogP contribution in [0.4, 0.5) is 0 Å². The molecule has 0 radical (unpaired) electrons. The van der Waals surface area contributed by atoms with E-state index >= 15 is 0 Å². The molecule has 0 aromatic heterocycles. The zero-order valence-electron chi connectivity index (χ0n) is 8.18. The van der Waals surface area contributed by atoms with Gasteiger partial charge in [-0.2, -0.15) is 0 Å². The van der Waals surface area contributed by atoms with Crippen molar-refractivity contribution < 1.29 is 34.0 Å². The number of hydrogen-bond donors (Lipinski definition) is 0. The van der Waals surface area contributed by atoms with Crippen molar-refractivity contribution >= 4 is 5.97 Å². The first kappa shape index (κ1) is 10.7. The topological polar surface area (TPSA) is 26.3 Å². The van der Waals surface area contributed by atoms with Crippen molar-refractivity contribution in [2.24, 2.45) is 0 Å². The molecule has 0 bridgehead atoms. The molecule has 0 atom stereocenters. The summed E-state index contributed by atoms with van der Waals surface area (Å²) in [7, 11) is 0. The summed E-state index contributed by atoms with van der Waals surface area (Å²) < 4.78 is 4.84. The first-order chi connectivity index (χ1) is 6.06. The Hall–Kier alpha value is -0.375. The molecule has 0 aliphatic rings. The van der Waals surface area contributed by atoms with Crippen molar-refractivity contribution in [3.63, 3.8) is 0 Å². The third-order valence-electron chi connectivity index (χ3n) is 2.29. The van der Waals surface area contributed by atoms with Gasteiger partial charge in [0, 0.05) is 0 Å². The monoisotopic (exact) mass is 365 g/mol. The molecular formula is C10H11HgO2. The van der Waals surface area contributed by atoms with E-state index in [1.54, 1.807) is 0 Å². The molecule has 1 aromatic carbocycles. The Bertz CT molecular complexity index is 322. The van der Waals surface area contributed by atoms with Gasteiger partial charge >= 0.3 is 95.1 Å². The molecule has 0 spiro atoms. The average molecular weight is 364 g/mol. The van der Waals surface area contributed by atoms with Gasteiger partial charge < -0.3 is 0 Å². The Balaban J connectivity index is 3.20. The summed E-state index contributed by atoms with van der Waals surface area (Å²) in [6.07, 6.45) is 0. The molecule has 0 heterocycles. The van der Waals surface area contributed by atoms with Crippen molar-refractivity contribution in [2.45, 2.75) is 20.8 Å². The quantitative estimate of drug-likeness (QED) is 0.715. The first-order valence-electron chi connectivity index (χ1n) is 4.10. The summed E-state index contributed by atoms with van der Waals surface area (Å²) in [5.74, 6) is -0.186. The van der Waals surface area contributed by atoms with E-state index in [2.05, 4.69) is 6.92 Å². The van der Waals surface area contributed by atoms with Gasteiger partial charge in [-0.15, -0.1) is 0 Å². The molecule has 1 aromatic rings. The molecule has 0 aliphatic heterocycles. The van der Waals surface area contributed by atoms with Crippen molar-refractivity contribution in [1.29, 1.82) is 0 Å². The predicted octanol–water partition coefficient (Wildman–Crippen LogP) is 2.23. The molecule has 0 amide bonds. The van der Waals surface area contributed by atoms with Gasteiger partial charge in [0.05, 0.1) is 0 Å². The van der Waals surface area contributed by atoms with Gasteiger partial charge in [0.15, 0.2) is 0 Å². The van der Waals surface area contributed by atoms with Crippen LogP contribution >= 0.6 is 0 Å². The van der Waals surface area contributed by atoms with Crippen LogP contribution in [-0.2, 0) is 29.2 Å². The van der Waals surface area contributed by atoms with Gasteiger partial charge in [0.2, 0.25) is 0 Å². The molecule has 65 valence electrons. The molecule has 13 heavy (non-hydrogen) atoms. The first-order valence-corrected chi connectivity index (χ1v) is 6.35. The van der Waals surface area contributed by atoms with Crippen LogP contribution in [-0.4, -0.2) is 5.97 Å². The van der Waals surface area contributed by atoms with Gasteiger partial charge in [0.25, 0.3) is 0 Å². The SMILES string of the molecule is Cc1cc(C(=O)[O][Hg])cc(C)c1C. The van der Waals surface area contributed by atoms with E-state index in [0.29, 0.717) is 5.56 Å². The summed E-state index contributed by atoms with van der Waals surface area (Å²) in [5, 5.41) is 0. The molecule has 0 unspecified atom stereocenters. The molecule has 0 saturated heterocycles. The van der Waals surface area contributed by atoms with Crippen LogP contribution in [0.15, 0.2) is 12.1 Å². The third kappa shape index (κ3) is 2.30. The number of carbonyl (C=O) groups excluding carboxylic acids is 1. The van der Waals surface area contributed by atoms with E-state index in [1.165, 1.54) is 5.56 Å². The minimum absolute atomic E-state index is 0.0746. The summed E-state index contributed by atoms with van der Waals surface area (Å²) in [6.45, 7) is 6.08. The molecule has 0 saturated carbocycles. The Labute approximate surface area is 94.9 Å². The summed E-state index contributed by atoms with van der Waals surface area (Å²) in [4.78, 5) is 11.3. The van der Waals surface area contributed by atoms with Crippen molar-refractivity contribution in [2.75, 3.05) is 0 Å². The number of benzene rings is 1. The van der Waals surface area contributed by atoms with Crippen LogP contribution in [0, 0.1) is 20.8 Å². The maximum absolute atomic E-state index is 11.3. The molecule has 1 rings (SSSR count). The zero-order chi connectivity index (χ0) is 10.0. The summed E-state index contributed by atoms with van der Waals surface area (Å²) in [6, 6.07) is 3.77. The Morgan fingerprint density at radius 1 is 1.23 bits per heavy atom. The molecule has 0 N–H and O–H groups in total. The second-order valence-electron chi connectivity index (χ2n) is 3.17. The average Bonchev–Trinajstić information content (AvgIpc) is 2.12. The fourth-order valence-electron chi connectivity index (χ4n) is 1.24. The molecule has 2 nitrogen and oxygen atoms in total. The number of hydrogen-bond acceptors (Lipinski definition) is 2. The number of rotatable bonds is 1. The van der Waals surface area contributed by atoms with E-state index in [4.69, 9.17) is 2.64 Å². The molecule has 0 fully saturated rings. The molecular weight excluding hydrogens is 353 g/mol. The Morgan fingerprint density at radius 2 is 1.69 bits per heavy atom. The fraction of sp³-hybridized carbons (Fsp3) is 0.300.